The average Bonchev–Trinajstić information content (AvgIpc) is 2.44. The van der Waals surface area contributed by atoms with Crippen LogP contribution in [0.3, 0.4) is 0 Å². The fourth-order valence-corrected chi connectivity index (χ4v) is 1.33. The summed E-state index contributed by atoms with van der Waals surface area (Å²) in [6.45, 7) is 3.64. The Bertz CT molecular complexity index is 371. The molecule has 0 bridgehead atoms. The summed E-state index contributed by atoms with van der Waals surface area (Å²) in [4.78, 5) is 15.4. The molecule has 3 N–H and O–H groups in total. The van der Waals surface area contributed by atoms with Crippen molar-refractivity contribution in [1.29, 1.82) is 0 Å². The largest absolute Gasteiger partial charge is 0.461 e. The monoisotopic (exact) mass is 211 g/mol. The van der Waals surface area contributed by atoms with Crippen molar-refractivity contribution >= 4 is 11.9 Å². The summed E-state index contributed by atoms with van der Waals surface area (Å²) < 4.78 is 10.0. The Labute approximate surface area is 86.8 Å². The lowest BCUT2D eigenvalue weighted by atomic mass is 10.0. The third-order valence-electron chi connectivity index (χ3n) is 2.27. The smallest absolute Gasteiger partial charge is 0.362 e. The van der Waals surface area contributed by atoms with Crippen molar-refractivity contribution in [3.05, 3.63) is 11.6 Å². The van der Waals surface area contributed by atoms with Gasteiger partial charge in [-0.2, -0.15) is 0 Å². The summed E-state index contributed by atoms with van der Waals surface area (Å²) in [5.74, 6) is 0.234. The number of nitrogens with zero attached hydrogens (tertiary/aromatic N) is 1. The number of nitrogens with one attached hydrogen (secondary N) is 1. The number of nitrogens with two attached hydrogens (primary N) is 1. The molecule has 1 fully saturated rings. The second-order valence-electron chi connectivity index (χ2n) is 3.34. The first-order chi connectivity index (χ1) is 7.22. The van der Waals surface area contributed by atoms with Crippen LogP contribution in [0, 0.1) is 0 Å². The molecule has 0 aliphatic carbocycles. The lowest BCUT2D eigenvalue weighted by molar-refractivity contribution is 0.0521. The van der Waals surface area contributed by atoms with Gasteiger partial charge < -0.3 is 20.2 Å². The topological polar surface area (TPSA) is 90.4 Å². The van der Waals surface area contributed by atoms with E-state index in [1.165, 1.54) is 0 Å². The highest BCUT2D eigenvalue weighted by atomic mass is 16.5. The van der Waals surface area contributed by atoms with Gasteiger partial charge in [0.05, 0.1) is 12.5 Å². The van der Waals surface area contributed by atoms with Gasteiger partial charge in [-0.15, -0.1) is 0 Å². The number of hydrogen-bond acceptors (Lipinski definition) is 6. The molecule has 2 rings (SSSR count). The molecule has 6 heteroatoms. The van der Waals surface area contributed by atoms with Gasteiger partial charge in [0.2, 0.25) is 17.5 Å². The summed E-state index contributed by atoms with van der Waals surface area (Å²) in [6, 6.07) is 0. The molecule has 0 atom stereocenters. The molecule has 1 aromatic heterocycles. The maximum atomic E-state index is 11.4. The number of aromatic nitrogens is 1. The highest BCUT2D eigenvalue weighted by Gasteiger charge is 2.27. The van der Waals surface area contributed by atoms with E-state index in [2.05, 4.69) is 10.3 Å². The zero-order valence-electron chi connectivity index (χ0n) is 8.45. The van der Waals surface area contributed by atoms with Crippen LogP contribution in [0.1, 0.15) is 29.2 Å². The number of carbonyl (C=O) groups excluding carboxylic acids is 1. The summed E-state index contributed by atoms with van der Waals surface area (Å²) >= 11 is 0. The van der Waals surface area contributed by atoms with Crippen LogP contribution in [0.25, 0.3) is 0 Å². The Balaban J connectivity index is 2.17. The molecular formula is C9H13N3O3. The molecule has 0 spiro atoms. The van der Waals surface area contributed by atoms with E-state index >= 15 is 0 Å². The lowest BCUT2D eigenvalue weighted by Gasteiger charge is -2.23. The van der Waals surface area contributed by atoms with Gasteiger partial charge >= 0.3 is 5.97 Å². The predicted octanol–water partition coefficient (Wildman–Crippen LogP) is 0.120. The number of nitrogen functional groups attached to an aromatic ring is 1. The summed E-state index contributed by atoms with van der Waals surface area (Å²) in [7, 11) is 0. The minimum Gasteiger partial charge on any atom is -0.461 e. The van der Waals surface area contributed by atoms with Gasteiger partial charge in [0, 0.05) is 13.1 Å². The molecule has 0 amide bonds. The highest BCUT2D eigenvalue weighted by molar-refractivity contribution is 5.91. The second-order valence-corrected chi connectivity index (χ2v) is 3.34. The Morgan fingerprint density at radius 1 is 1.73 bits per heavy atom. The summed E-state index contributed by atoms with van der Waals surface area (Å²) in [5.41, 5.74) is 5.62. The van der Waals surface area contributed by atoms with Crippen LogP contribution in [0.2, 0.25) is 0 Å². The molecular weight excluding hydrogens is 198 g/mol. The fraction of sp³-hybridized carbons (Fsp3) is 0.556. The van der Waals surface area contributed by atoms with E-state index in [1.54, 1.807) is 6.92 Å². The standard InChI is InChI=1S/C9H13N3O3/c1-2-14-9(13)6-7(10)15-8(12-6)5-3-11-4-5/h5,11H,2-4,10H2,1H3. The van der Waals surface area contributed by atoms with E-state index in [-0.39, 0.29) is 17.5 Å². The van der Waals surface area contributed by atoms with Crippen molar-refractivity contribution in [1.82, 2.24) is 10.3 Å². The van der Waals surface area contributed by atoms with Crippen molar-refractivity contribution in [2.75, 3.05) is 25.4 Å². The highest BCUT2D eigenvalue weighted by Crippen LogP contribution is 2.23. The molecule has 0 aromatic carbocycles. The average molecular weight is 211 g/mol. The fourth-order valence-electron chi connectivity index (χ4n) is 1.33. The number of oxazole rings is 1. The van der Waals surface area contributed by atoms with Crippen LogP contribution in [-0.2, 0) is 4.74 Å². The number of anilines is 1. The van der Waals surface area contributed by atoms with Gasteiger partial charge in [0.1, 0.15) is 0 Å². The Hall–Kier alpha value is -1.56. The number of hydrogen-bond donors (Lipinski definition) is 2. The first-order valence-corrected chi connectivity index (χ1v) is 4.86. The van der Waals surface area contributed by atoms with Crippen molar-refractivity contribution in [3.8, 4) is 0 Å². The van der Waals surface area contributed by atoms with E-state index in [0.29, 0.717) is 12.5 Å². The number of ether oxygens (including phenoxy) is 1. The predicted molar refractivity (Wildman–Crippen MR) is 52.5 cm³/mol. The van der Waals surface area contributed by atoms with Gasteiger partial charge in [-0.25, -0.2) is 9.78 Å². The lowest BCUT2D eigenvalue weighted by Crippen LogP contribution is -2.40. The molecule has 0 radical (unpaired) electrons. The van der Waals surface area contributed by atoms with Crippen LogP contribution in [0.4, 0.5) is 5.88 Å². The van der Waals surface area contributed by atoms with Crippen molar-refractivity contribution in [2.24, 2.45) is 0 Å². The van der Waals surface area contributed by atoms with Crippen LogP contribution < -0.4 is 11.1 Å². The van der Waals surface area contributed by atoms with Gasteiger partial charge in [-0.3, -0.25) is 0 Å². The molecule has 1 aliphatic rings. The second kappa shape index (κ2) is 3.90. The van der Waals surface area contributed by atoms with Crippen LogP contribution in [0.5, 0.6) is 0 Å². The third-order valence-corrected chi connectivity index (χ3v) is 2.27. The SMILES string of the molecule is CCOC(=O)c1nc(C2CNC2)oc1N. The number of rotatable bonds is 3. The van der Waals surface area contributed by atoms with Crippen LogP contribution in [-0.4, -0.2) is 30.6 Å². The van der Waals surface area contributed by atoms with E-state index in [1.807, 2.05) is 0 Å². The molecule has 6 nitrogen and oxygen atoms in total. The van der Waals surface area contributed by atoms with Gasteiger partial charge in [-0.1, -0.05) is 0 Å². The van der Waals surface area contributed by atoms with Gasteiger partial charge in [0.25, 0.3) is 0 Å². The number of carbonyl (C=O) groups is 1. The quantitative estimate of drug-likeness (QED) is 0.690. The van der Waals surface area contributed by atoms with E-state index in [4.69, 9.17) is 14.9 Å². The maximum Gasteiger partial charge on any atom is 0.362 e. The molecule has 0 saturated carbocycles. The molecule has 0 unspecified atom stereocenters. The summed E-state index contributed by atoms with van der Waals surface area (Å²) in [6.07, 6.45) is 0. The van der Waals surface area contributed by atoms with Gasteiger partial charge in [-0.05, 0) is 6.92 Å². The molecule has 15 heavy (non-hydrogen) atoms. The zero-order valence-corrected chi connectivity index (χ0v) is 8.45. The Morgan fingerprint density at radius 3 is 3.00 bits per heavy atom. The van der Waals surface area contributed by atoms with Crippen molar-refractivity contribution < 1.29 is 13.9 Å². The normalized spacial score (nSPS) is 16.1. The van der Waals surface area contributed by atoms with E-state index in [0.717, 1.165) is 13.1 Å². The third kappa shape index (κ3) is 1.80. The molecule has 2 heterocycles. The Morgan fingerprint density at radius 2 is 2.47 bits per heavy atom. The van der Waals surface area contributed by atoms with Crippen LogP contribution in [0.15, 0.2) is 4.42 Å². The summed E-state index contributed by atoms with van der Waals surface area (Å²) in [5, 5.41) is 3.09. The minimum atomic E-state index is -0.530. The van der Waals surface area contributed by atoms with Crippen molar-refractivity contribution in [2.45, 2.75) is 12.8 Å². The van der Waals surface area contributed by atoms with Crippen molar-refractivity contribution in [3.63, 3.8) is 0 Å². The van der Waals surface area contributed by atoms with E-state index in [9.17, 15) is 4.79 Å². The Kier molecular flexibility index (Phi) is 2.59. The first kappa shape index (κ1) is 9.97. The van der Waals surface area contributed by atoms with Crippen LogP contribution >= 0.6 is 0 Å². The molecule has 1 aromatic rings. The first-order valence-electron chi connectivity index (χ1n) is 4.86. The molecule has 1 saturated heterocycles. The zero-order chi connectivity index (χ0) is 10.8. The maximum absolute atomic E-state index is 11.4. The molecule has 82 valence electrons. The van der Waals surface area contributed by atoms with Gasteiger partial charge in [0.15, 0.2) is 0 Å². The number of esters is 1. The minimum absolute atomic E-state index is 0.0374. The van der Waals surface area contributed by atoms with E-state index < -0.39 is 5.97 Å². The molecule has 1 aliphatic heterocycles.